The Labute approximate surface area is 135 Å². The van der Waals surface area contributed by atoms with Crippen molar-refractivity contribution in [3.8, 4) is 0 Å². The molecule has 4 heteroatoms. The number of benzene rings is 1. The Morgan fingerprint density at radius 3 is 2.90 bits per heavy atom. The molecule has 1 fully saturated rings. The standard InChI is InChI=1S/C17H24BrN3/c1-19-7-4-13-5-8-21(9-6-13)12-14-11-20-17-3-2-15(18)10-16(14)17/h2-3,10-11,13,19-20H,4-9,12H2,1H3. The van der Waals surface area contributed by atoms with Crippen molar-refractivity contribution in [1.82, 2.24) is 15.2 Å². The molecule has 3 rings (SSSR count). The molecule has 2 aromatic rings. The van der Waals surface area contributed by atoms with Crippen LogP contribution in [-0.4, -0.2) is 36.6 Å². The van der Waals surface area contributed by atoms with Crippen molar-refractivity contribution >= 4 is 26.8 Å². The Bertz CT molecular complexity index is 585. The lowest BCUT2D eigenvalue weighted by molar-refractivity contribution is 0.173. The van der Waals surface area contributed by atoms with Crippen molar-refractivity contribution in [2.75, 3.05) is 26.7 Å². The molecular formula is C17H24BrN3. The molecule has 1 aromatic carbocycles. The molecule has 0 radical (unpaired) electrons. The highest BCUT2D eigenvalue weighted by atomic mass is 79.9. The molecule has 0 aliphatic carbocycles. The third-order valence-electron chi connectivity index (χ3n) is 4.63. The summed E-state index contributed by atoms with van der Waals surface area (Å²) in [6.07, 6.45) is 6.18. The van der Waals surface area contributed by atoms with Gasteiger partial charge in [-0.25, -0.2) is 0 Å². The zero-order valence-electron chi connectivity index (χ0n) is 12.7. The summed E-state index contributed by atoms with van der Waals surface area (Å²) in [7, 11) is 2.05. The van der Waals surface area contributed by atoms with Gasteiger partial charge in [-0.2, -0.15) is 0 Å². The average Bonchev–Trinajstić information content (AvgIpc) is 2.89. The largest absolute Gasteiger partial charge is 0.361 e. The minimum absolute atomic E-state index is 0.908. The van der Waals surface area contributed by atoms with Crippen LogP contribution in [0.4, 0.5) is 0 Å². The zero-order chi connectivity index (χ0) is 14.7. The Morgan fingerprint density at radius 1 is 1.33 bits per heavy atom. The van der Waals surface area contributed by atoms with Gasteiger partial charge >= 0.3 is 0 Å². The SMILES string of the molecule is CNCCC1CCN(Cc2c[nH]c3ccc(Br)cc23)CC1. The topological polar surface area (TPSA) is 31.1 Å². The van der Waals surface area contributed by atoms with E-state index < -0.39 is 0 Å². The second kappa shape index (κ2) is 6.95. The number of hydrogen-bond donors (Lipinski definition) is 2. The van der Waals surface area contributed by atoms with Gasteiger partial charge in [0.25, 0.3) is 0 Å². The van der Waals surface area contributed by atoms with Crippen LogP contribution in [0.25, 0.3) is 10.9 Å². The van der Waals surface area contributed by atoms with Crippen LogP contribution in [-0.2, 0) is 6.54 Å². The monoisotopic (exact) mass is 349 g/mol. The molecule has 3 nitrogen and oxygen atoms in total. The Hall–Kier alpha value is -0.840. The number of aromatic amines is 1. The summed E-state index contributed by atoms with van der Waals surface area (Å²) in [6, 6.07) is 6.46. The quantitative estimate of drug-likeness (QED) is 0.861. The molecule has 2 N–H and O–H groups in total. The molecule has 1 aliphatic heterocycles. The lowest BCUT2D eigenvalue weighted by atomic mass is 9.93. The minimum atomic E-state index is 0.908. The van der Waals surface area contributed by atoms with Crippen molar-refractivity contribution in [3.05, 3.63) is 34.4 Å². The Kier molecular flexibility index (Phi) is 4.99. The van der Waals surface area contributed by atoms with E-state index in [1.165, 1.54) is 48.8 Å². The van der Waals surface area contributed by atoms with Crippen molar-refractivity contribution in [2.24, 2.45) is 5.92 Å². The minimum Gasteiger partial charge on any atom is -0.361 e. The molecule has 0 saturated carbocycles. The number of piperidine rings is 1. The molecule has 1 saturated heterocycles. The van der Waals surface area contributed by atoms with E-state index in [4.69, 9.17) is 0 Å². The molecule has 0 unspecified atom stereocenters. The first-order chi connectivity index (χ1) is 10.3. The number of fused-ring (bicyclic) bond motifs is 1. The first-order valence-corrected chi connectivity index (χ1v) is 8.68. The van der Waals surface area contributed by atoms with Crippen molar-refractivity contribution < 1.29 is 0 Å². The van der Waals surface area contributed by atoms with Crippen LogP contribution >= 0.6 is 15.9 Å². The summed E-state index contributed by atoms with van der Waals surface area (Å²) >= 11 is 3.57. The van der Waals surface area contributed by atoms with Gasteiger partial charge in [-0.05, 0) is 75.6 Å². The Morgan fingerprint density at radius 2 is 2.14 bits per heavy atom. The van der Waals surface area contributed by atoms with Gasteiger partial charge in [0, 0.05) is 28.1 Å². The van der Waals surface area contributed by atoms with Crippen molar-refractivity contribution in [3.63, 3.8) is 0 Å². The molecule has 1 aromatic heterocycles. The average molecular weight is 350 g/mol. The van der Waals surface area contributed by atoms with Gasteiger partial charge in [0.1, 0.15) is 0 Å². The normalized spacial score (nSPS) is 17.6. The molecular weight excluding hydrogens is 326 g/mol. The van der Waals surface area contributed by atoms with E-state index in [0.29, 0.717) is 0 Å². The number of hydrogen-bond acceptors (Lipinski definition) is 2. The molecule has 114 valence electrons. The van der Waals surface area contributed by atoms with E-state index in [9.17, 15) is 0 Å². The molecule has 0 spiro atoms. The summed E-state index contributed by atoms with van der Waals surface area (Å²) in [6.45, 7) is 4.68. The lowest BCUT2D eigenvalue weighted by Gasteiger charge is -2.31. The highest BCUT2D eigenvalue weighted by Crippen LogP contribution is 2.26. The maximum absolute atomic E-state index is 3.57. The van der Waals surface area contributed by atoms with Crippen LogP contribution < -0.4 is 5.32 Å². The van der Waals surface area contributed by atoms with E-state index in [1.54, 1.807) is 0 Å². The summed E-state index contributed by atoms with van der Waals surface area (Å²) < 4.78 is 1.15. The van der Waals surface area contributed by atoms with Crippen LogP contribution in [0.1, 0.15) is 24.8 Å². The number of aromatic nitrogens is 1. The first-order valence-electron chi connectivity index (χ1n) is 7.88. The van der Waals surface area contributed by atoms with Gasteiger partial charge in [-0.1, -0.05) is 15.9 Å². The second-order valence-electron chi connectivity index (χ2n) is 6.12. The Balaban J connectivity index is 1.60. The maximum Gasteiger partial charge on any atom is 0.0458 e. The fraction of sp³-hybridized carbons (Fsp3) is 0.529. The van der Waals surface area contributed by atoms with Crippen molar-refractivity contribution in [2.45, 2.75) is 25.8 Å². The predicted octanol–water partition coefficient (Wildman–Crippen LogP) is 3.75. The lowest BCUT2D eigenvalue weighted by Crippen LogP contribution is -2.34. The van der Waals surface area contributed by atoms with Crippen LogP contribution in [0.5, 0.6) is 0 Å². The maximum atomic E-state index is 3.57. The van der Waals surface area contributed by atoms with Crippen LogP contribution in [0.15, 0.2) is 28.9 Å². The number of rotatable bonds is 5. The van der Waals surface area contributed by atoms with Gasteiger partial charge in [0.2, 0.25) is 0 Å². The third kappa shape index (κ3) is 3.68. The van der Waals surface area contributed by atoms with Gasteiger partial charge in [-0.15, -0.1) is 0 Å². The van der Waals surface area contributed by atoms with Gasteiger partial charge in [0.15, 0.2) is 0 Å². The molecule has 0 amide bonds. The molecule has 21 heavy (non-hydrogen) atoms. The fourth-order valence-corrected chi connectivity index (χ4v) is 3.67. The fourth-order valence-electron chi connectivity index (χ4n) is 3.30. The number of H-pyrrole nitrogens is 1. The highest BCUT2D eigenvalue weighted by molar-refractivity contribution is 9.10. The highest BCUT2D eigenvalue weighted by Gasteiger charge is 2.19. The summed E-state index contributed by atoms with van der Waals surface area (Å²) in [5.41, 5.74) is 2.65. The van der Waals surface area contributed by atoms with Gasteiger partial charge < -0.3 is 10.3 Å². The zero-order valence-corrected chi connectivity index (χ0v) is 14.2. The van der Waals surface area contributed by atoms with E-state index in [-0.39, 0.29) is 0 Å². The number of nitrogens with one attached hydrogen (secondary N) is 2. The number of nitrogens with zero attached hydrogens (tertiary/aromatic N) is 1. The second-order valence-corrected chi connectivity index (χ2v) is 7.03. The van der Waals surface area contributed by atoms with E-state index in [2.05, 4.69) is 55.5 Å². The molecule has 0 atom stereocenters. The smallest absolute Gasteiger partial charge is 0.0458 e. The summed E-state index contributed by atoms with van der Waals surface area (Å²) in [4.78, 5) is 5.98. The van der Waals surface area contributed by atoms with Gasteiger partial charge in [-0.3, -0.25) is 4.90 Å². The molecule has 0 bridgehead atoms. The number of halogens is 1. The summed E-state index contributed by atoms with van der Waals surface area (Å²) in [5.74, 6) is 0.908. The van der Waals surface area contributed by atoms with E-state index >= 15 is 0 Å². The van der Waals surface area contributed by atoms with Crippen LogP contribution in [0.3, 0.4) is 0 Å². The van der Waals surface area contributed by atoms with E-state index in [1.807, 2.05) is 7.05 Å². The summed E-state index contributed by atoms with van der Waals surface area (Å²) in [5, 5.41) is 4.61. The van der Waals surface area contributed by atoms with Gasteiger partial charge in [0.05, 0.1) is 0 Å². The van der Waals surface area contributed by atoms with Crippen molar-refractivity contribution in [1.29, 1.82) is 0 Å². The van der Waals surface area contributed by atoms with Crippen LogP contribution in [0.2, 0.25) is 0 Å². The predicted molar refractivity (Wildman–Crippen MR) is 92.5 cm³/mol. The van der Waals surface area contributed by atoms with E-state index in [0.717, 1.165) is 23.5 Å². The first kappa shape index (κ1) is 15.1. The number of likely N-dealkylation sites (tertiary alicyclic amines) is 1. The third-order valence-corrected chi connectivity index (χ3v) is 5.13. The molecule has 2 heterocycles. The molecule has 1 aliphatic rings. The van der Waals surface area contributed by atoms with Crippen LogP contribution in [0, 0.1) is 5.92 Å².